The first-order valence-electron chi connectivity index (χ1n) is 5.57. The number of methoxy groups -OCH3 is 1. The topological polar surface area (TPSA) is 46.6 Å². The van der Waals surface area contributed by atoms with Crippen LogP contribution < -0.4 is 0 Å². The summed E-state index contributed by atoms with van der Waals surface area (Å²) < 4.78 is 4.57. The van der Waals surface area contributed by atoms with E-state index in [2.05, 4.69) is 4.74 Å². The number of rotatable bonds is 5. The van der Waals surface area contributed by atoms with Gasteiger partial charge in [-0.15, -0.1) is 0 Å². The van der Waals surface area contributed by atoms with Crippen LogP contribution in [0.3, 0.4) is 0 Å². The zero-order valence-electron chi connectivity index (χ0n) is 10.2. The molecule has 4 nitrogen and oxygen atoms in total. The summed E-state index contributed by atoms with van der Waals surface area (Å²) in [6, 6.07) is 0.327. The van der Waals surface area contributed by atoms with Crippen molar-refractivity contribution in [1.82, 2.24) is 4.90 Å². The largest absolute Gasteiger partial charge is 0.469 e. The van der Waals surface area contributed by atoms with Crippen molar-refractivity contribution in [1.29, 1.82) is 0 Å². The van der Waals surface area contributed by atoms with Crippen molar-refractivity contribution in [2.45, 2.75) is 39.2 Å². The van der Waals surface area contributed by atoms with Crippen molar-refractivity contribution in [3.05, 3.63) is 11.6 Å². The van der Waals surface area contributed by atoms with Crippen LogP contribution in [-0.4, -0.2) is 36.5 Å². The first kappa shape index (κ1) is 12.7. The van der Waals surface area contributed by atoms with E-state index in [1.54, 1.807) is 11.0 Å². The molecule has 1 rings (SSSR count). The third-order valence-electron chi connectivity index (χ3n) is 2.47. The van der Waals surface area contributed by atoms with Crippen LogP contribution in [-0.2, 0) is 14.3 Å². The summed E-state index contributed by atoms with van der Waals surface area (Å²) in [6.07, 6.45) is 3.98. The highest BCUT2D eigenvalue weighted by Gasteiger charge is 2.31. The molecule has 0 spiro atoms. The van der Waals surface area contributed by atoms with Gasteiger partial charge in [-0.25, -0.2) is 0 Å². The lowest BCUT2D eigenvalue weighted by molar-refractivity contribution is -0.141. The number of carbonyl (C=O) groups is 2. The molecule has 0 aromatic rings. The number of allylic oxidation sites excluding steroid dienone is 1. The smallest absolute Gasteiger partial charge is 0.307 e. The first-order chi connectivity index (χ1) is 7.54. The van der Waals surface area contributed by atoms with Crippen LogP contribution in [0.15, 0.2) is 11.6 Å². The Morgan fingerprint density at radius 3 is 2.44 bits per heavy atom. The summed E-state index contributed by atoms with van der Waals surface area (Å²) >= 11 is 0. The van der Waals surface area contributed by atoms with E-state index in [-0.39, 0.29) is 18.3 Å². The summed E-state index contributed by atoms with van der Waals surface area (Å²) in [5.41, 5.74) is 0.980. The van der Waals surface area contributed by atoms with Gasteiger partial charge in [-0.05, 0) is 26.7 Å². The van der Waals surface area contributed by atoms with E-state index in [9.17, 15) is 9.59 Å². The normalized spacial score (nSPS) is 14.2. The maximum absolute atomic E-state index is 11.8. The zero-order chi connectivity index (χ0) is 12.1. The number of amides is 1. The molecular weight excluding hydrogens is 206 g/mol. The highest BCUT2D eigenvalue weighted by atomic mass is 16.5. The molecule has 1 saturated carbocycles. The van der Waals surface area contributed by atoms with Gasteiger partial charge in [-0.3, -0.25) is 9.59 Å². The van der Waals surface area contributed by atoms with E-state index in [1.807, 2.05) is 13.8 Å². The van der Waals surface area contributed by atoms with Gasteiger partial charge in [0.25, 0.3) is 0 Å². The minimum Gasteiger partial charge on any atom is -0.469 e. The Morgan fingerprint density at radius 2 is 2.00 bits per heavy atom. The molecule has 0 saturated heterocycles. The Kier molecular flexibility index (Phi) is 4.52. The van der Waals surface area contributed by atoms with Crippen molar-refractivity contribution in [3.8, 4) is 0 Å². The van der Waals surface area contributed by atoms with E-state index in [4.69, 9.17) is 0 Å². The molecule has 1 amide bonds. The highest BCUT2D eigenvalue weighted by Crippen LogP contribution is 2.27. The molecule has 16 heavy (non-hydrogen) atoms. The second-order valence-corrected chi connectivity index (χ2v) is 4.31. The molecule has 0 unspecified atom stereocenters. The number of ether oxygens (including phenoxy) is 1. The molecule has 1 aliphatic rings. The lowest BCUT2D eigenvalue weighted by Crippen LogP contribution is -2.34. The number of carbonyl (C=O) groups excluding carboxylic acids is 2. The van der Waals surface area contributed by atoms with E-state index < -0.39 is 0 Å². The van der Waals surface area contributed by atoms with Gasteiger partial charge in [-0.2, -0.15) is 0 Å². The second kappa shape index (κ2) is 5.68. The molecule has 0 aromatic carbocycles. The number of nitrogens with zero attached hydrogens (tertiary/aromatic N) is 1. The van der Waals surface area contributed by atoms with Crippen LogP contribution in [0, 0.1) is 0 Å². The van der Waals surface area contributed by atoms with Gasteiger partial charge in [0.15, 0.2) is 0 Å². The average Bonchev–Trinajstić information content (AvgIpc) is 3.00. The number of hydrogen-bond acceptors (Lipinski definition) is 3. The summed E-state index contributed by atoms with van der Waals surface area (Å²) in [7, 11) is 1.36. The third-order valence-corrected chi connectivity index (χ3v) is 2.47. The van der Waals surface area contributed by atoms with E-state index in [0.29, 0.717) is 12.6 Å². The Labute approximate surface area is 96.3 Å². The summed E-state index contributed by atoms with van der Waals surface area (Å²) in [4.78, 5) is 24.6. The maximum Gasteiger partial charge on any atom is 0.307 e. The van der Waals surface area contributed by atoms with Crippen molar-refractivity contribution in [2.24, 2.45) is 0 Å². The monoisotopic (exact) mass is 225 g/mol. The standard InChI is InChI=1S/C12H19NO3/c1-9(2)8-11(14)13(10-4-5-10)7-6-12(15)16-3/h8,10H,4-7H2,1-3H3. The summed E-state index contributed by atoms with van der Waals surface area (Å²) in [5, 5.41) is 0. The fraction of sp³-hybridized carbons (Fsp3) is 0.667. The molecule has 4 heteroatoms. The zero-order valence-corrected chi connectivity index (χ0v) is 10.2. The first-order valence-corrected chi connectivity index (χ1v) is 5.57. The SMILES string of the molecule is COC(=O)CCN(C(=O)C=C(C)C)C1CC1. The molecule has 0 bridgehead atoms. The molecule has 0 N–H and O–H groups in total. The molecule has 90 valence electrons. The van der Waals surface area contributed by atoms with Gasteiger partial charge in [0, 0.05) is 18.7 Å². The highest BCUT2D eigenvalue weighted by molar-refractivity contribution is 5.89. The van der Waals surface area contributed by atoms with E-state index in [1.165, 1.54) is 7.11 Å². The molecule has 0 aromatic heterocycles. The van der Waals surface area contributed by atoms with Crippen LogP contribution in [0.25, 0.3) is 0 Å². The predicted molar refractivity (Wildman–Crippen MR) is 60.8 cm³/mol. The summed E-state index contributed by atoms with van der Waals surface area (Å²) in [6.45, 7) is 4.24. The predicted octanol–water partition coefficient (Wildman–Crippen LogP) is 1.51. The van der Waals surface area contributed by atoms with Crippen molar-refractivity contribution in [3.63, 3.8) is 0 Å². The minimum absolute atomic E-state index is 0.00593. The van der Waals surface area contributed by atoms with E-state index in [0.717, 1.165) is 18.4 Å². The van der Waals surface area contributed by atoms with Crippen molar-refractivity contribution in [2.75, 3.05) is 13.7 Å². The molecular formula is C12H19NO3. The molecule has 0 radical (unpaired) electrons. The Morgan fingerprint density at radius 1 is 1.38 bits per heavy atom. The van der Waals surface area contributed by atoms with Crippen LogP contribution in [0.5, 0.6) is 0 Å². The third kappa shape index (κ3) is 4.04. The van der Waals surface area contributed by atoms with Crippen LogP contribution in [0.1, 0.15) is 33.1 Å². The Balaban J connectivity index is 2.51. The minimum atomic E-state index is -0.268. The average molecular weight is 225 g/mol. The van der Waals surface area contributed by atoms with Gasteiger partial charge >= 0.3 is 5.97 Å². The van der Waals surface area contributed by atoms with Gasteiger partial charge in [0.1, 0.15) is 0 Å². The Hall–Kier alpha value is -1.32. The molecule has 0 heterocycles. The van der Waals surface area contributed by atoms with Crippen LogP contribution in [0.4, 0.5) is 0 Å². The van der Waals surface area contributed by atoms with Gasteiger partial charge in [0.2, 0.25) is 5.91 Å². The van der Waals surface area contributed by atoms with Crippen molar-refractivity contribution >= 4 is 11.9 Å². The fourth-order valence-corrected chi connectivity index (χ4v) is 1.50. The summed E-state index contributed by atoms with van der Waals surface area (Å²) in [5.74, 6) is -0.262. The fourth-order valence-electron chi connectivity index (χ4n) is 1.50. The maximum atomic E-state index is 11.8. The lowest BCUT2D eigenvalue weighted by atomic mass is 10.3. The van der Waals surface area contributed by atoms with Gasteiger partial charge in [0.05, 0.1) is 13.5 Å². The molecule has 0 atom stereocenters. The van der Waals surface area contributed by atoms with Crippen LogP contribution in [0.2, 0.25) is 0 Å². The van der Waals surface area contributed by atoms with Crippen LogP contribution >= 0.6 is 0 Å². The van der Waals surface area contributed by atoms with Gasteiger partial charge in [-0.1, -0.05) is 5.57 Å². The molecule has 1 aliphatic carbocycles. The number of hydrogen-bond donors (Lipinski definition) is 0. The Bertz CT molecular complexity index is 301. The second-order valence-electron chi connectivity index (χ2n) is 4.31. The number of esters is 1. The van der Waals surface area contributed by atoms with Gasteiger partial charge < -0.3 is 9.64 Å². The quantitative estimate of drug-likeness (QED) is 0.526. The molecule has 1 fully saturated rings. The lowest BCUT2D eigenvalue weighted by Gasteiger charge is -2.20. The molecule has 0 aliphatic heterocycles. The van der Waals surface area contributed by atoms with Crippen molar-refractivity contribution < 1.29 is 14.3 Å². The van der Waals surface area contributed by atoms with E-state index >= 15 is 0 Å².